The number of benzene rings is 1. The average Bonchev–Trinajstić information content (AvgIpc) is 2.47. The molecule has 0 aliphatic carbocycles. The van der Waals surface area contributed by atoms with Crippen molar-refractivity contribution in [3.05, 3.63) is 24.3 Å². The molecule has 1 aromatic carbocycles. The van der Waals surface area contributed by atoms with Crippen LogP contribution in [0.2, 0.25) is 0 Å². The Labute approximate surface area is 120 Å². The van der Waals surface area contributed by atoms with Crippen LogP contribution in [0, 0.1) is 5.92 Å². The van der Waals surface area contributed by atoms with Gasteiger partial charge in [-0.1, -0.05) is 0 Å². The number of amides is 2. The first kappa shape index (κ1) is 14.7. The van der Waals surface area contributed by atoms with Gasteiger partial charge in [-0.05, 0) is 56.5 Å². The average molecular weight is 277 g/mol. The van der Waals surface area contributed by atoms with Crippen LogP contribution in [-0.4, -0.2) is 32.3 Å². The maximum absolute atomic E-state index is 11.8. The van der Waals surface area contributed by atoms with Gasteiger partial charge < -0.3 is 20.7 Å². The van der Waals surface area contributed by atoms with Gasteiger partial charge in [-0.15, -0.1) is 0 Å². The lowest BCUT2D eigenvalue weighted by Crippen LogP contribution is -2.42. The molecule has 20 heavy (non-hydrogen) atoms. The number of ether oxygens (including phenoxy) is 1. The van der Waals surface area contributed by atoms with Gasteiger partial charge >= 0.3 is 6.03 Å². The van der Waals surface area contributed by atoms with Crippen molar-refractivity contribution in [1.82, 2.24) is 10.6 Å². The highest BCUT2D eigenvalue weighted by molar-refractivity contribution is 5.89. The predicted molar refractivity (Wildman–Crippen MR) is 80.2 cm³/mol. The molecule has 1 saturated heterocycles. The molecule has 2 amide bonds. The molecule has 0 bridgehead atoms. The lowest BCUT2D eigenvalue weighted by atomic mass is 9.95. The SMILES string of the molecule is COc1ccc(NC(=O)NCC2CCC(C)NC2)cc1. The summed E-state index contributed by atoms with van der Waals surface area (Å²) in [6, 6.07) is 7.72. The van der Waals surface area contributed by atoms with Gasteiger partial charge in [0.25, 0.3) is 0 Å². The lowest BCUT2D eigenvalue weighted by molar-refractivity contribution is 0.246. The number of nitrogens with one attached hydrogen (secondary N) is 3. The fourth-order valence-corrected chi connectivity index (χ4v) is 2.32. The van der Waals surface area contributed by atoms with Crippen LogP contribution in [0.25, 0.3) is 0 Å². The molecule has 0 spiro atoms. The Morgan fingerprint density at radius 2 is 2.10 bits per heavy atom. The summed E-state index contributed by atoms with van der Waals surface area (Å²) in [5, 5.41) is 9.17. The van der Waals surface area contributed by atoms with E-state index in [1.54, 1.807) is 7.11 Å². The van der Waals surface area contributed by atoms with Crippen LogP contribution in [0.15, 0.2) is 24.3 Å². The molecular formula is C15H23N3O2. The summed E-state index contributed by atoms with van der Waals surface area (Å²) in [4.78, 5) is 11.8. The molecule has 5 heteroatoms. The van der Waals surface area contributed by atoms with Gasteiger partial charge in [-0.3, -0.25) is 0 Å². The molecule has 1 fully saturated rings. The third kappa shape index (κ3) is 4.42. The van der Waals surface area contributed by atoms with E-state index in [4.69, 9.17) is 4.74 Å². The molecule has 0 saturated carbocycles. The maximum Gasteiger partial charge on any atom is 0.319 e. The maximum atomic E-state index is 11.8. The quantitative estimate of drug-likeness (QED) is 0.790. The zero-order chi connectivity index (χ0) is 14.4. The molecule has 0 radical (unpaired) electrons. The van der Waals surface area contributed by atoms with Crippen LogP contribution in [0.4, 0.5) is 10.5 Å². The minimum atomic E-state index is -0.159. The Hall–Kier alpha value is -1.75. The Morgan fingerprint density at radius 3 is 2.70 bits per heavy atom. The van der Waals surface area contributed by atoms with Crippen molar-refractivity contribution in [2.75, 3.05) is 25.5 Å². The zero-order valence-corrected chi connectivity index (χ0v) is 12.1. The van der Waals surface area contributed by atoms with Crippen molar-refractivity contribution in [3.63, 3.8) is 0 Å². The second-order valence-electron chi connectivity index (χ2n) is 5.32. The summed E-state index contributed by atoms with van der Waals surface area (Å²) in [6.07, 6.45) is 2.34. The van der Waals surface area contributed by atoms with E-state index in [2.05, 4.69) is 22.9 Å². The Kier molecular flexibility index (Phi) is 5.24. The molecule has 5 nitrogen and oxygen atoms in total. The van der Waals surface area contributed by atoms with Crippen LogP contribution < -0.4 is 20.7 Å². The monoisotopic (exact) mass is 277 g/mol. The Morgan fingerprint density at radius 1 is 1.35 bits per heavy atom. The van der Waals surface area contributed by atoms with Crippen molar-refractivity contribution in [2.24, 2.45) is 5.92 Å². The van der Waals surface area contributed by atoms with Crippen molar-refractivity contribution in [3.8, 4) is 5.75 Å². The molecule has 2 rings (SSSR count). The second-order valence-corrected chi connectivity index (χ2v) is 5.32. The van der Waals surface area contributed by atoms with E-state index in [1.807, 2.05) is 24.3 Å². The number of rotatable bonds is 4. The van der Waals surface area contributed by atoms with E-state index in [-0.39, 0.29) is 6.03 Å². The molecule has 1 aliphatic rings. The number of hydrogen-bond donors (Lipinski definition) is 3. The summed E-state index contributed by atoms with van der Waals surface area (Å²) < 4.78 is 5.07. The van der Waals surface area contributed by atoms with E-state index in [0.717, 1.165) is 24.4 Å². The first-order chi connectivity index (χ1) is 9.67. The molecule has 1 heterocycles. The third-order valence-corrected chi connectivity index (χ3v) is 3.66. The summed E-state index contributed by atoms with van der Waals surface area (Å²) in [6.45, 7) is 3.88. The van der Waals surface area contributed by atoms with Crippen molar-refractivity contribution < 1.29 is 9.53 Å². The van der Waals surface area contributed by atoms with Gasteiger partial charge in [-0.25, -0.2) is 4.79 Å². The van der Waals surface area contributed by atoms with Gasteiger partial charge in [0.2, 0.25) is 0 Å². The number of carbonyl (C=O) groups excluding carboxylic acids is 1. The molecule has 0 aromatic heterocycles. The number of methoxy groups -OCH3 is 1. The molecule has 2 unspecified atom stereocenters. The van der Waals surface area contributed by atoms with Crippen molar-refractivity contribution >= 4 is 11.7 Å². The Balaban J connectivity index is 1.72. The van der Waals surface area contributed by atoms with Crippen LogP contribution in [0.1, 0.15) is 19.8 Å². The van der Waals surface area contributed by atoms with Crippen LogP contribution in [0.3, 0.4) is 0 Å². The minimum absolute atomic E-state index is 0.159. The Bertz CT molecular complexity index is 425. The molecule has 1 aromatic rings. The molecule has 3 N–H and O–H groups in total. The summed E-state index contributed by atoms with van der Waals surface area (Å²) in [5.41, 5.74) is 0.763. The normalized spacial score (nSPS) is 22.1. The lowest BCUT2D eigenvalue weighted by Gasteiger charge is -2.27. The standard InChI is InChI=1S/C15H23N3O2/c1-11-3-4-12(9-16-11)10-17-15(19)18-13-5-7-14(20-2)8-6-13/h5-8,11-12,16H,3-4,9-10H2,1-2H3,(H2,17,18,19). The van der Waals surface area contributed by atoms with Crippen molar-refractivity contribution in [2.45, 2.75) is 25.8 Å². The first-order valence-electron chi connectivity index (χ1n) is 7.09. The summed E-state index contributed by atoms with van der Waals surface area (Å²) in [7, 11) is 1.62. The van der Waals surface area contributed by atoms with Crippen LogP contribution in [0.5, 0.6) is 5.75 Å². The highest BCUT2D eigenvalue weighted by Gasteiger charge is 2.17. The van der Waals surface area contributed by atoms with Crippen LogP contribution >= 0.6 is 0 Å². The topological polar surface area (TPSA) is 62.4 Å². The highest BCUT2D eigenvalue weighted by Crippen LogP contribution is 2.15. The number of urea groups is 1. The fraction of sp³-hybridized carbons (Fsp3) is 0.533. The molecule has 1 aliphatic heterocycles. The van der Waals surface area contributed by atoms with E-state index in [1.165, 1.54) is 6.42 Å². The molecule has 2 atom stereocenters. The number of hydrogen-bond acceptors (Lipinski definition) is 3. The van der Waals surface area contributed by atoms with E-state index < -0.39 is 0 Å². The second kappa shape index (κ2) is 7.14. The third-order valence-electron chi connectivity index (χ3n) is 3.66. The van der Waals surface area contributed by atoms with E-state index >= 15 is 0 Å². The molecule has 110 valence electrons. The van der Waals surface area contributed by atoms with Crippen molar-refractivity contribution in [1.29, 1.82) is 0 Å². The van der Waals surface area contributed by atoms with Gasteiger partial charge in [0.15, 0.2) is 0 Å². The smallest absolute Gasteiger partial charge is 0.319 e. The number of piperidine rings is 1. The van der Waals surface area contributed by atoms with Gasteiger partial charge in [0.1, 0.15) is 5.75 Å². The fourth-order valence-electron chi connectivity index (χ4n) is 2.32. The highest BCUT2D eigenvalue weighted by atomic mass is 16.5. The van der Waals surface area contributed by atoms with E-state index in [9.17, 15) is 4.79 Å². The largest absolute Gasteiger partial charge is 0.497 e. The first-order valence-corrected chi connectivity index (χ1v) is 7.09. The molecular weight excluding hydrogens is 254 g/mol. The minimum Gasteiger partial charge on any atom is -0.497 e. The zero-order valence-electron chi connectivity index (χ0n) is 12.1. The summed E-state index contributed by atoms with van der Waals surface area (Å²) >= 11 is 0. The van der Waals surface area contributed by atoms with Gasteiger partial charge in [-0.2, -0.15) is 0 Å². The van der Waals surface area contributed by atoms with Gasteiger partial charge in [0.05, 0.1) is 7.11 Å². The van der Waals surface area contributed by atoms with E-state index in [0.29, 0.717) is 18.5 Å². The number of anilines is 1. The summed E-state index contributed by atoms with van der Waals surface area (Å²) in [5.74, 6) is 1.30. The van der Waals surface area contributed by atoms with Gasteiger partial charge in [0, 0.05) is 18.3 Å². The predicted octanol–water partition coefficient (Wildman–Crippen LogP) is 2.20. The van der Waals surface area contributed by atoms with Crippen LogP contribution in [-0.2, 0) is 0 Å². The number of carbonyl (C=O) groups is 1.